The Morgan fingerprint density at radius 2 is 2.32 bits per heavy atom. The molecule has 106 valence electrons. The van der Waals surface area contributed by atoms with Crippen molar-refractivity contribution >= 4 is 27.6 Å². The summed E-state index contributed by atoms with van der Waals surface area (Å²) in [6.07, 6.45) is 4.18. The van der Waals surface area contributed by atoms with Crippen LogP contribution in [-0.2, 0) is 0 Å². The number of nitrogens with zero attached hydrogens (tertiary/aromatic N) is 4. The van der Waals surface area contributed by atoms with E-state index in [1.54, 1.807) is 6.33 Å². The smallest absolute Gasteiger partial charge is 0.148 e. The molecule has 0 amide bonds. The van der Waals surface area contributed by atoms with Gasteiger partial charge in [-0.2, -0.15) is 0 Å². The van der Waals surface area contributed by atoms with Gasteiger partial charge < -0.3 is 15.1 Å². The Balaban J connectivity index is 2.10. The van der Waals surface area contributed by atoms with Gasteiger partial charge in [0.15, 0.2) is 0 Å². The molecule has 1 aromatic rings. The van der Waals surface area contributed by atoms with Crippen molar-refractivity contribution in [3.05, 3.63) is 10.8 Å². The van der Waals surface area contributed by atoms with E-state index in [0.29, 0.717) is 6.04 Å². The maximum atomic E-state index is 4.40. The third-order valence-corrected chi connectivity index (χ3v) is 4.36. The van der Waals surface area contributed by atoms with Crippen LogP contribution in [0.4, 0.5) is 11.6 Å². The molecule has 1 aromatic heterocycles. The molecule has 1 aliphatic rings. The average Bonchev–Trinajstić information content (AvgIpc) is 2.78. The highest BCUT2D eigenvalue weighted by Gasteiger charge is 2.23. The normalized spacial score (nSPS) is 19.7. The zero-order valence-electron chi connectivity index (χ0n) is 11.9. The van der Waals surface area contributed by atoms with Crippen LogP contribution in [0, 0.1) is 0 Å². The van der Waals surface area contributed by atoms with Gasteiger partial charge in [-0.25, -0.2) is 9.97 Å². The third-order valence-electron chi connectivity index (χ3n) is 3.63. The molecule has 1 unspecified atom stereocenters. The molecule has 5 nitrogen and oxygen atoms in total. The van der Waals surface area contributed by atoms with E-state index in [1.165, 1.54) is 19.4 Å². The second-order valence-corrected chi connectivity index (χ2v) is 5.84. The van der Waals surface area contributed by atoms with Crippen LogP contribution in [0.3, 0.4) is 0 Å². The number of rotatable bonds is 5. The van der Waals surface area contributed by atoms with Crippen molar-refractivity contribution in [1.29, 1.82) is 0 Å². The highest BCUT2D eigenvalue weighted by Crippen LogP contribution is 2.29. The molecule has 1 N–H and O–H groups in total. The number of hydrogen-bond donors (Lipinski definition) is 1. The molecule has 19 heavy (non-hydrogen) atoms. The predicted molar refractivity (Wildman–Crippen MR) is 82.8 cm³/mol. The lowest BCUT2D eigenvalue weighted by Gasteiger charge is -2.27. The molecule has 1 atom stereocenters. The Hall–Kier alpha value is -0.880. The number of likely N-dealkylation sites (N-methyl/N-ethyl adjacent to an activating group) is 2. The zero-order chi connectivity index (χ0) is 13.8. The van der Waals surface area contributed by atoms with Gasteiger partial charge in [0.1, 0.15) is 22.4 Å². The van der Waals surface area contributed by atoms with Gasteiger partial charge in [-0.15, -0.1) is 0 Å². The van der Waals surface area contributed by atoms with Gasteiger partial charge in [0.05, 0.1) is 0 Å². The van der Waals surface area contributed by atoms with Crippen molar-refractivity contribution in [2.24, 2.45) is 0 Å². The first-order valence-corrected chi connectivity index (χ1v) is 7.58. The minimum absolute atomic E-state index is 0.620. The van der Waals surface area contributed by atoms with Crippen LogP contribution in [0.1, 0.15) is 19.8 Å². The summed E-state index contributed by atoms with van der Waals surface area (Å²) in [7, 11) is 4.29. The Morgan fingerprint density at radius 3 is 2.95 bits per heavy atom. The van der Waals surface area contributed by atoms with Crippen LogP contribution in [0.25, 0.3) is 0 Å². The van der Waals surface area contributed by atoms with Gasteiger partial charge in [0, 0.05) is 26.2 Å². The van der Waals surface area contributed by atoms with Crippen LogP contribution in [0.15, 0.2) is 10.8 Å². The van der Waals surface area contributed by atoms with Crippen LogP contribution in [0.5, 0.6) is 0 Å². The number of nitrogens with one attached hydrogen (secondary N) is 1. The van der Waals surface area contributed by atoms with Crippen molar-refractivity contribution in [2.75, 3.05) is 43.9 Å². The number of hydrogen-bond acceptors (Lipinski definition) is 5. The second-order valence-electron chi connectivity index (χ2n) is 5.05. The lowest BCUT2D eigenvalue weighted by Crippen LogP contribution is -2.37. The SMILES string of the molecule is CCNc1ncnc(N(C)CC2CCCN2C)c1Br. The maximum Gasteiger partial charge on any atom is 0.148 e. The van der Waals surface area contributed by atoms with Crippen molar-refractivity contribution < 1.29 is 0 Å². The first-order chi connectivity index (χ1) is 9.13. The van der Waals surface area contributed by atoms with E-state index in [1.807, 2.05) is 0 Å². The van der Waals surface area contributed by atoms with Crippen molar-refractivity contribution in [3.8, 4) is 0 Å². The lowest BCUT2D eigenvalue weighted by molar-refractivity contribution is 0.314. The molecule has 1 aliphatic heterocycles. The molecule has 0 aromatic carbocycles. The molecule has 0 saturated carbocycles. The van der Waals surface area contributed by atoms with E-state index in [4.69, 9.17) is 0 Å². The van der Waals surface area contributed by atoms with Crippen molar-refractivity contribution in [3.63, 3.8) is 0 Å². The highest BCUT2D eigenvalue weighted by molar-refractivity contribution is 9.10. The summed E-state index contributed by atoms with van der Waals surface area (Å²) in [5.41, 5.74) is 0. The minimum atomic E-state index is 0.620. The summed E-state index contributed by atoms with van der Waals surface area (Å²) in [5.74, 6) is 1.81. The summed E-state index contributed by atoms with van der Waals surface area (Å²) in [6, 6.07) is 0.620. The number of aromatic nitrogens is 2. The summed E-state index contributed by atoms with van der Waals surface area (Å²) in [6.45, 7) is 5.11. The molecule has 0 bridgehead atoms. The van der Waals surface area contributed by atoms with E-state index in [9.17, 15) is 0 Å². The molecular formula is C13H22BrN5. The van der Waals surface area contributed by atoms with Crippen LogP contribution < -0.4 is 10.2 Å². The van der Waals surface area contributed by atoms with Crippen LogP contribution >= 0.6 is 15.9 Å². The quantitative estimate of drug-likeness (QED) is 0.898. The number of likely N-dealkylation sites (tertiary alicyclic amines) is 1. The Bertz CT molecular complexity index is 425. The summed E-state index contributed by atoms with van der Waals surface area (Å²) >= 11 is 3.60. The van der Waals surface area contributed by atoms with Crippen molar-refractivity contribution in [2.45, 2.75) is 25.8 Å². The first kappa shape index (κ1) is 14.5. The fourth-order valence-corrected chi connectivity index (χ4v) is 3.18. The third kappa shape index (κ3) is 3.36. The maximum absolute atomic E-state index is 4.40. The molecule has 0 radical (unpaired) electrons. The molecule has 0 spiro atoms. The molecule has 2 heterocycles. The predicted octanol–water partition coefficient (Wildman–Crippen LogP) is 2.20. The second kappa shape index (κ2) is 6.52. The van der Waals surface area contributed by atoms with Gasteiger partial charge in [0.2, 0.25) is 0 Å². The summed E-state index contributed by atoms with van der Waals surface area (Å²) in [4.78, 5) is 13.3. The molecule has 6 heteroatoms. The molecule has 2 rings (SSSR count). The van der Waals surface area contributed by atoms with Crippen LogP contribution in [0.2, 0.25) is 0 Å². The van der Waals surface area contributed by atoms with Gasteiger partial charge in [-0.05, 0) is 49.3 Å². The van der Waals surface area contributed by atoms with Gasteiger partial charge >= 0.3 is 0 Å². The Kier molecular flexibility index (Phi) is 4.99. The fourth-order valence-electron chi connectivity index (χ4n) is 2.53. The summed E-state index contributed by atoms with van der Waals surface area (Å²) in [5, 5.41) is 3.24. The molecule has 1 saturated heterocycles. The van der Waals surface area contributed by atoms with E-state index in [-0.39, 0.29) is 0 Å². The van der Waals surface area contributed by atoms with Gasteiger partial charge in [-0.3, -0.25) is 0 Å². The monoisotopic (exact) mass is 327 g/mol. The number of anilines is 2. The first-order valence-electron chi connectivity index (χ1n) is 6.79. The topological polar surface area (TPSA) is 44.3 Å². The largest absolute Gasteiger partial charge is 0.369 e. The Labute approximate surface area is 123 Å². The van der Waals surface area contributed by atoms with E-state index < -0.39 is 0 Å². The van der Waals surface area contributed by atoms with E-state index >= 15 is 0 Å². The minimum Gasteiger partial charge on any atom is -0.369 e. The molecular weight excluding hydrogens is 306 g/mol. The highest BCUT2D eigenvalue weighted by atomic mass is 79.9. The fraction of sp³-hybridized carbons (Fsp3) is 0.692. The van der Waals surface area contributed by atoms with E-state index in [0.717, 1.165) is 29.2 Å². The number of halogens is 1. The van der Waals surface area contributed by atoms with Gasteiger partial charge in [0.25, 0.3) is 0 Å². The van der Waals surface area contributed by atoms with Crippen LogP contribution in [-0.4, -0.2) is 54.6 Å². The van der Waals surface area contributed by atoms with Gasteiger partial charge in [-0.1, -0.05) is 0 Å². The zero-order valence-corrected chi connectivity index (χ0v) is 13.4. The summed E-state index contributed by atoms with van der Waals surface area (Å²) < 4.78 is 0.944. The average molecular weight is 328 g/mol. The standard InChI is InChI=1S/C13H22BrN5/c1-4-15-12-11(14)13(17-9-16-12)19(3)8-10-6-5-7-18(10)2/h9-10H,4-8H2,1-3H3,(H,15,16,17). The van der Waals surface area contributed by atoms with Crippen molar-refractivity contribution in [1.82, 2.24) is 14.9 Å². The molecule has 1 fully saturated rings. The molecule has 0 aliphatic carbocycles. The lowest BCUT2D eigenvalue weighted by atomic mass is 10.2. The Morgan fingerprint density at radius 1 is 1.53 bits per heavy atom. The van der Waals surface area contributed by atoms with E-state index in [2.05, 4.69) is 62.0 Å².